The third kappa shape index (κ3) is 7.48. The zero-order valence-electron chi connectivity index (χ0n) is 13.6. The molecule has 0 atom stereocenters. The smallest absolute Gasteiger partial charge is 0.277 e. The van der Waals surface area contributed by atoms with E-state index in [2.05, 4.69) is 14.3 Å². The van der Waals surface area contributed by atoms with E-state index in [4.69, 9.17) is 7.85 Å². The Labute approximate surface area is 141 Å². The van der Waals surface area contributed by atoms with E-state index in [9.17, 15) is 8.42 Å². The summed E-state index contributed by atoms with van der Waals surface area (Å²) in [5.41, 5.74) is 1.55. The van der Waals surface area contributed by atoms with Crippen LogP contribution in [0.25, 0.3) is 0 Å². The van der Waals surface area contributed by atoms with Gasteiger partial charge in [0.05, 0.1) is 0 Å². The summed E-state index contributed by atoms with van der Waals surface area (Å²) >= 11 is 0. The summed E-state index contributed by atoms with van der Waals surface area (Å²) in [4.78, 5) is 2.47. The summed E-state index contributed by atoms with van der Waals surface area (Å²) in [5, 5.41) is 0. The van der Waals surface area contributed by atoms with Crippen molar-refractivity contribution in [2.45, 2.75) is 38.6 Å². The number of unbranched alkanes of at least 4 members (excludes halogenated alkanes) is 1. The van der Waals surface area contributed by atoms with Crippen LogP contribution in [0.2, 0.25) is 0 Å². The molecule has 1 heterocycles. The first-order valence-electron chi connectivity index (χ1n) is 8.36. The summed E-state index contributed by atoms with van der Waals surface area (Å²) < 4.78 is 28.9. The van der Waals surface area contributed by atoms with Crippen LogP contribution in [0.1, 0.15) is 37.7 Å². The second-order valence-corrected chi connectivity index (χ2v) is 7.65. The number of nitrogens with zero attached hydrogens (tertiary/aromatic N) is 1. The van der Waals surface area contributed by atoms with Gasteiger partial charge in [-0.25, -0.2) is 4.72 Å². The Bertz CT molecular complexity index is 557. The van der Waals surface area contributed by atoms with E-state index in [-0.39, 0.29) is 6.54 Å². The Morgan fingerprint density at radius 3 is 2.39 bits per heavy atom. The molecule has 1 saturated heterocycles. The number of hydrogen-bond donors (Lipinski definition) is 2. The van der Waals surface area contributed by atoms with Gasteiger partial charge in [-0.15, -0.1) is 0 Å². The number of benzene rings is 1. The molecule has 0 unspecified atom stereocenters. The van der Waals surface area contributed by atoms with Crippen LogP contribution in [0.15, 0.2) is 24.3 Å². The molecule has 2 rings (SSSR count). The Hall–Kier alpha value is -0.885. The minimum absolute atomic E-state index is 0.267. The molecule has 2 N–H and O–H groups in total. The topological polar surface area (TPSA) is 61.4 Å². The van der Waals surface area contributed by atoms with Crippen molar-refractivity contribution in [3.05, 3.63) is 29.8 Å². The second-order valence-electron chi connectivity index (χ2n) is 6.07. The largest absolute Gasteiger partial charge is 0.303 e. The van der Waals surface area contributed by atoms with Crippen LogP contribution in [0.4, 0.5) is 0 Å². The lowest BCUT2D eigenvalue weighted by Crippen LogP contribution is -2.37. The molecule has 1 aromatic rings. The fraction of sp³-hybridized carbons (Fsp3) is 0.625. The van der Waals surface area contributed by atoms with E-state index in [0.717, 1.165) is 24.9 Å². The van der Waals surface area contributed by atoms with Crippen LogP contribution >= 0.6 is 0 Å². The molecule has 0 amide bonds. The van der Waals surface area contributed by atoms with Crippen LogP contribution in [-0.4, -0.2) is 47.3 Å². The molecular weight excluding hydrogens is 309 g/mol. The third-order valence-electron chi connectivity index (χ3n) is 4.09. The molecule has 0 aliphatic carbocycles. The first kappa shape index (κ1) is 18.5. The van der Waals surface area contributed by atoms with E-state index in [1.807, 2.05) is 12.1 Å². The molecule has 0 bridgehead atoms. The van der Waals surface area contributed by atoms with Gasteiger partial charge in [-0.1, -0.05) is 36.1 Å². The summed E-state index contributed by atoms with van der Waals surface area (Å²) in [6.45, 7) is 4.19. The van der Waals surface area contributed by atoms with Crippen LogP contribution in [0, 0.1) is 0 Å². The van der Waals surface area contributed by atoms with E-state index >= 15 is 0 Å². The van der Waals surface area contributed by atoms with Crippen LogP contribution in [0.5, 0.6) is 0 Å². The average Bonchev–Trinajstić information content (AvgIpc) is 2.55. The second kappa shape index (κ2) is 9.42. The van der Waals surface area contributed by atoms with Gasteiger partial charge < -0.3 is 4.90 Å². The predicted octanol–water partition coefficient (Wildman–Crippen LogP) is 0.671. The molecule has 2 radical (unpaired) electrons. The highest BCUT2D eigenvalue weighted by atomic mass is 32.2. The molecule has 1 aliphatic rings. The van der Waals surface area contributed by atoms with Crippen LogP contribution < -0.4 is 14.9 Å². The fourth-order valence-electron chi connectivity index (χ4n) is 2.71. The highest BCUT2D eigenvalue weighted by molar-refractivity contribution is 7.87. The van der Waals surface area contributed by atoms with Crippen LogP contribution in [-0.2, 0) is 16.8 Å². The van der Waals surface area contributed by atoms with Crippen molar-refractivity contribution >= 4 is 23.5 Å². The summed E-state index contributed by atoms with van der Waals surface area (Å²) in [6, 6.07) is 7.16. The summed E-state index contributed by atoms with van der Waals surface area (Å²) in [6.07, 6.45) is 5.82. The van der Waals surface area contributed by atoms with Gasteiger partial charge >= 0.3 is 0 Å². The van der Waals surface area contributed by atoms with Gasteiger partial charge in [0.1, 0.15) is 7.85 Å². The molecule has 7 heteroatoms. The van der Waals surface area contributed by atoms with Crippen molar-refractivity contribution in [3.8, 4) is 0 Å². The molecule has 23 heavy (non-hydrogen) atoms. The van der Waals surface area contributed by atoms with Crippen molar-refractivity contribution in [2.75, 3.05) is 26.2 Å². The van der Waals surface area contributed by atoms with Gasteiger partial charge in [-0.05, 0) is 50.9 Å². The summed E-state index contributed by atoms with van der Waals surface area (Å²) in [7, 11) is 2.16. The zero-order valence-corrected chi connectivity index (χ0v) is 14.4. The van der Waals surface area contributed by atoms with Gasteiger partial charge in [0.2, 0.25) is 0 Å². The first-order chi connectivity index (χ1) is 11.1. The Morgan fingerprint density at radius 1 is 1.00 bits per heavy atom. The lowest BCUT2D eigenvalue weighted by Gasteiger charge is -2.26. The molecule has 1 fully saturated rings. The van der Waals surface area contributed by atoms with Crippen molar-refractivity contribution in [3.63, 3.8) is 0 Å². The van der Waals surface area contributed by atoms with Gasteiger partial charge in [-0.3, -0.25) is 0 Å². The van der Waals surface area contributed by atoms with E-state index in [0.29, 0.717) is 12.0 Å². The number of hydrogen-bond acceptors (Lipinski definition) is 3. The maximum atomic E-state index is 11.9. The molecule has 0 aromatic heterocycles. The quantitative estimate of drug-likeness (QED) is 0.515. The number of likely N-dealkylation sites (tertiary alicyclic amines) is 1. The third-order valence-corrected chi connectivity index (χ3v) is 5.20. The molecule has 1 aliphatic heterocycles. The number of rotatable bonds is 9. The average molecular weight is 335 g/mol. The van der Waals surface area contributed by atoms with Gasteiger partial charge in [0, 0.05) is 13.1 Å². The van der Waals surface area contributed by atoms with Crippen molar-refractivity contribution in [2.24, 2.45) is 0 Å². The lowest BCUT2D eigenvalue weighted by molar-refractivity contribution is 0.225. The Morgan fingerprint density at radius 2 is 1.70 bits per heavy atom. The monoisotopic (exact) mass is 335 g/mol. The van der Waals surface area contributed by atoms with Crippen molar-refractivity contribution in [1.82, 2.24) is 14.3 Å². The van der Waals surface area contributed by atoms with E-state index in [1.54, 1.807) is 12.1 Å². The van der Waals surface area contributed by atoms with Gasteiger partial charge in [-0.2, -0.15) is 13.1 Å². The van der Waals surface area contributed by atoms with Crippen molar-refractivity contribution < 1.29 is 8.42 Å². The summed E-state index contributed by atoms with van der Waals surface area (Å²) in [5.74, 6) is 0. The Kier molecular flexibility index (Phi) is 7.56. The molecule has 0 saturated carbocycles. The van der Waals surface area contributed by atoms with Crippen LogP contribution in [0.3, 0.4) is 0 Å². The molecular formula is C16H26BN3O2S. The standard InChI is InChI=1S/C16H26BN3O2S/c17-16-8-6-15(7-9-16)14-19-23(21,22)18-10-2-5-13-20-11-3-1-4-12-20/h6-9,18-19H,1-5,10-14H2. The lowest BCUT2D eigenvalue weighted by atomic mass is 9.95. The van der Waals surface area contributed by atoms with E-state index in [1.165, 1.54) is 32.4 Å². The maximum Gasteiger partial charge on any atom is 0.277 e. The predicted molar refractivity (Wildman–Crippen MR) is 95.1 cm³/mol. The SMILES string of the molecule is [B]c1ccc(CNS(=O)(=O)NCCCCN2CCCCC2)cc1. The zero-order chi connectivity index (χ0) is 16.5. The fourth-order valence-corrected chi connectivity index (χ4v) is 3.59. The highest BCUT2D eigenvalue weighted by Gasteiger charge is 2.10. The minimum Gasteiger partial charge on any atom is -0.303 e. The molecule has 126 valence electrons. The van der Waals surface area contributed by atoms with Gasteiger partial charge in [0.25, 0.3) is 10.2 Å². The molecule has 5 nitrogen and oxygen atoms in total. The number of piperidine rings is 1. The highest BCUT2D eigenvalue weighted by Crippen LogP contribution is 2.09. The first-order valence-corrected chi connectivity index (χ1v) is 9.84. The maximum absolute atomic E-state index is 11.9. The van der Waals surface area contributed by atoms with Crippen molar-refractivity contribution in [1.29, 1.82) is 0 Å². The number of nitrogens with one attached hydrogen (secondary N) is 2. The normalized spacial score (nSPS) is 16.5. The molecule has 1 aromatic carbocycles. The Balaban J connectivity index is 1.59. The van der Waals surface area contributed by atoms with E-state index < -0.39 is 10.2 Å². The molecule has 0 spiro atoms. The van der Waals surface area contributed by atoms with Gasteiger partial charge in [0.15, 0.2) is 0 Å². The minimum atomic E-state index is -3.44.